The first-order valence-electron chi connectivity index (χ1n) is 9.02. The molecule has 3 aromatic heterocycles. The maximum atomic E-state index is 4.84. The van der Waals surface area contributed by atoms with Crippen molar-refractivity contribution >= 4 is 16.9 Å². The Hall–Kier alpha value is -2.40. The zero-order valence-electron chi connectivity index (χ0n) is 15.1. The van der Waals surface area contributed by atoms with Gasteiger partial charge in [0.15, 0.2) is 0 Å². The molecule has 0 radical (unpaired) electrons. The third kappa shape index (κ3) is 3.12. The number of aromatic amines is 1. The average Bonchev–Trinajstić information content (AvgIpc) is 3.08. The van der Waals surface area contributed by atoms with Crippen molar-refractivity contribution in [1.82, 2.24) is 20.3 Å². The first-order chi connectivity index (χ1) is 12.1. The molecule has 0 amide bonds. The van der Waals surface area contributed by atoms with E-state index in [1.54, 1.807) is 0 Å². The fraction of sp³-hybridized carbons (Fsp3) is 0.400. The minimum Gasteiger partial charge on any atom is -0.367 e. The Morgan fingerprint density at radius 1 is 1.08 bits per heavy atom. The van der Waals surface area contributed by atoms with E-state index in [-0.39, 0.29) is 0 Å². The molecule has 1 aliphatic heterocycles. The van der Waals surface area contributed by atoms with Crippen LogP contribution in [0.25, 0.3) is 22.3 Å². The number of fused-ring (bicyclic) bond motifs is 1. The molecule has 0 saturated carbocycles. The lowest BCUT2D eigenvalue weighted by molar-refractivity contribution is 0.478. The number of H-pyrrole nitrogens is 1. The molecule has 4 heterocycles. The highest BCUT2D eigenvalue weighted by molar-refractivity contribution is 5.93. The van der Waals surface area contributed by atoms with E-state index in [1.165, 1.54) is 11.1 Å². The van der Waals surface area contributed by atoms with Crippen LogP contribution in [0.1, 0.15) is 29.7 Å². The van der Waals surface area contributed by atoms with Gasteiger partial charge in [-0.1, -0.05) is 0 Å². The molecule has 0 aromatic carbocycles. The van der Waals surface area contributed by atoms with Gasteiger partial charge >= 0.3 is 0 Å². The maximum absolute atomic E-state index is 4.84. The minimum atomic E-state index is 0.475. The largest absolute Gasteiger partial charge is 0.367 e. The van der Waals surface area contributed by atoms with Crippen molar-refractivity contribution in [2.24, 2.45) is 0 Å². The number of hydrogen-bond acceptors (Lipinski definition) is 4. The van der Waals surface area contributed by atoms with Crippen LogP contribution in [0.4, 0.5) is 5.82 Å². The molecule has 0 bridgehead atoms. The first kappa shape index (κ1) is 16.1. The summed E-state index contributed by atoms with van der Waals surface area (Å²) in [6, 6.07) is 6.88. The summed E-state index contributed by atoms with van der Waals surface area (Å²) >= 11 is 0. The quantitative estimate of drug-likeness (QED) is 0.682. The Kier molecular flexibility index (Phi) is 4.17. The number of rotatable bonds is 3. The van der Waals surface area contributed by atoms with Gasteiger partial charge in [-0.25, -0.2) is 4.98 Å². The van der Waals surface area contributed by atoms with Crippen LogP contribution in [-0.4, -0.2) is 34.1 Å². The summed E-state index contributed by atoms with van der Waals surface area (Å²) in [5.74, 6) is 0.925. The molecule has 130 valence electrons. The Morgan fingerprint density at radius 2 is 1.88 bits per heavy atom. The Bertz CT molecular complexity index is 883. The topological polar surface area (TPSA) is 65.6 Å². The van der Waals surface area contributed by atoms with Crippen molar-refractivity contribution in [3.63, 3.8) is 0 Å². The van der Waals surface area contributed by atoms with Gasteiger partial charge in [0, 0.05) is 28.9 Å². The third-order valence-corrected chi connectivity index (χ3v) is 5.27. The summed E-state index contributed by atoms with van der Waals surface area (Å²) in [5.41, 5.74) is 6.68. The van der Waals surface area contributed by atoms with Gasteiger partial charge in [-0.15, -0.1) is 0 Å². The molecule has 1 fully saturated rings. The van der Waals surface area contributed by atoms with Gasteiger partial charge in [0.05, 0.1) is 5.69 Å². The van der Waals surface area contributed by atoms with E-state index >= 15 is 0 Å². The second-order valence-corrected chi connectivity index (χ2v) is 7.00. The van der Waals surface area contributed by atoms with Gasteiger partial charge in [-0.3, -0.25) is 4.98 Å². The molecule has 0 aliphatic carbocycles. The number of aryl methyl sites for hydroxylation is 2. The normalized spacial score (nSPS) is 15.6. The van der Waals surface area contributed by atoms with Gasteiger partial charge in [-0.2, -0.15) is 0 Å². The zero-order chi connectivity index (χ0) is 17.4. The number of nitrogens with one attached hydrogen (secondary N) is 3. The summed E-state index contributed by atoms with van der Waals surface area (Å²) in [7, 11) is 0. The molecule has 0 spiro atoms. The SMILES string of the molecule is Cc1cc(-c2cc(NC3CCNCC3)nc3[nH]ccc23)nc(C)c1C. The molecular weight excluding hydrogens is 310 g/mol. The summed E-state index contributed by atoms with van der Waals surface area (Å²) in [6.07, 6.45) is 4.20. The summed E-state index contributed by atoms with van der Waals surface area (Å²) in [6.45, 7) is 8.48. The van der Waals surface area contributed by atoms with E-state index in [9.17, 15) is 0 Å². The maximum Gasteiger partial charge on any atom is 0.140 e. The lowest BCUT2D eigenvalue weighted by Crippen LogP contribution is -2.35. The standard InChI is InChI=1S/C20H25N5/c1-12-10-18(23-14(3)13(12)2)17-11-19(24-15-4-7-21-8-5-15)25-20-16(17)6-9-22-20/h6,9-11,15,21H,4-5,7-8H2,1-3H3,(H2,22,24,25). The van der Waals surface area contributed by atoms with E-state index in [4.69, 9.17) is 9.97 Å². The van der Waals surface area contributed by atoms with Crippen LogP contribution in [0.15, 0.2) is 24.4 Å². The lowest BCUT2D eigenvalue weighted by Gasteiger charge is -2.24. The van der Waals surface area contributed by atoms with Gasteiger partial charge in [-0.05, 0) is 76.0 Å². The molecular formula is C20H25N5. The van der Waals surface area contributed by atoms with Crippen LogP contribution in [-0.2, 0) is 0 Å². The summed E-state index contributed by atoms with van der Waals surface area (Å²) < 4.78 is 0. The fourth-order valence-electron chi connectivity index (χ4n) is 3.53. The smallest absolute Gasteiger partial charge is 0.140 e. The third-order valence-electron chi connectivity index (χ3n) is 5.27. The molecule has 3 aromatic rings. The molecule has 1 aliphatic rings. The zero-order valence-corrected chi connectivity index (χ0v) is 15.1. The van der Waals surface area contributed by atoms with Gasteiger partial charge in [0.1, 0.15) is 11.5 Å². The Morgan fingerprint density at radius 3 is 2.64 bits per heavy atom. The highest BCUT2D eigenvalue weighted by atomic mass is 15.1. The molecule has 25 heavy (non-hydrogen) atoms. The average molecular weight is 335 g/mol. The van der Waals surface area contributed by atoms with Crippen molar-refractivity contribution in [1.29, 1.82) is 0 Å². The van der Waals surface area contributed by atoms with Crippen LogP contribution in [0, 0.1) is 20.8 Å². The monoisotopic (exact) mass is 335 g/mol. The highest BCUT2D eigenvalue weighted by Crippen LogP contribution is 2.30. The van der Waals surface area contributed by atoms with Crippen LogP contribution in [0.5, 0.6) is 0 Å². The number of hydrogen-bond donors (Lipinski definition) is 3. The van der Waals surface area contributed by atoms with Gasteiger partial charge < -0.3 is 15.6 Å². The van der Waals surface area contributed by atoms with Crippen LogP contribution in [0.2, 0.25) is 0 Å². The highest BCUT2D eigenvalue weighted by Gasteiger charge is 2.16. The summed E-state index contributed by atoms with van der Waals surface area (Å²) in [5, 5.41) is 8.14. The summed E-state index contributed by atoms with van der Waals surface area (Å²) in [4.78, 5) is 12.9. The van der Waals surface area contributed by atoms with Crippen molar-refractivity contribution in [2.75, 3.05) is 18.4 Å². The van der Waals surface area contributed by atoms with E-state index in [1.807, 2.05) is 6.20 Å². The predicted molar refractivity (Wildman–Crippen MR) is 103 cm³/mol. The molecule has 5 nitrogen and oxygen atoms in total. The number of piperidine rings is 1. The van der Waals surface area contributed by atoms with Gasteiger partial charge in [0.25, 0.3) is 0 Å². The lowest BCUT2D eigenvalue weighted by atomic mass is 10.0. The Balaban J connectivity index is 1.78. The van der Waals surface area contributed by atoms with Crippen molar-refractivity contribution in [3.8, 4) is 11.3 Å². The first-order valence-corrected chi connectivity index (χ1v) is 9.02. The molecule has 0 atom stereocenters. The number of aromatic nitrogens is 3. The van der Waals surface area contributed by atoms with Crippen LogP contribution >= 0.6 is 0 Å². The van der Waals surface area contributed by atoms with Crippen molar-refractivity contribution in [3.05, 3.63) is 41.2 Å². The molecule has 4 rings (SSSR count). The number of nitrogens with zero attached hydrogens (tertiary/aromatic N) is 2. The molecule has 1 saturated heterocycles. The number of anilines is 1. The van der Waals surface area contributed by atoms with E-state index < -0.39 is 0 Å². The predicted octanol–water partition coefficient (Wildman–Crippen LogP) is 3.71. The Labute approximate surface area is 148 Å². The van der Waals surface area contributed by atoms with Gasteiger partial charge in [0.2, 0.25) is 0 Å². The molecule has 0 unspecified atom stereocenters. The van der Waals surface area contributed by atoms with E-state index in [0.29, 0.717) is 6.04 Å². The fourth-order valence-corrected chi connectivity index (χ4v) is 3.53. The van der Waals surface area contributed by atoms with E-state index in [2.05, 4.69) is 54.6 Å². The minimum absolute atomic E-state index is 0.475. The van der Waals surface area contributed by atoms with Crippen LogP contribution in [0.3, 0.4) is 0 Å². The molecule has 5 heteroatoms. The second kappa shape index (κ2) is 6.48. The van der Waals surface area contributed by atoms with Crippen molar-refractivity contribution < 1.29 is 0 Å². The van der Waals surface area contributed by atoms with Crippen LogP contribution < -0.4 is 10.6 Å². The molecule has 3 N–H and O–H groups in total. The van der Waals surface area contributed by atoms with Crippen molar-refractivity contribution in [2.45, 2.75) is 39.7 Å². The number of pyridine rings is 2. The second-order valence-electron chi connectivity index (χ2n) is 7.00. The van der Waals surface area contributed by atoms with E-state index in [0.717, 1.165) is 59.7 Å².